The van der Waals surface area contributed by atoms with Crippen LogP contribution in [0.5, 0.6) is 0 Å². The molecule has 0 radical (unpaired) electrons. The fourth-order valence-corrected chi connectivity index (χ4v) is 4.78. The minimum atomic E-state index is -1.35. The van der Waals surface area contributed by atoms with Gasteiger partial charge < -0.3 is 4.42 Å². The van der Waals surface area contributed by atoms with Crippen LogP contribution in [0, 0.1) is 5.92 Å². The molecule has 3 aromatic carbocycles. The highest BCUT2D eigenvalue weighted by molar-refractivity contribution is 6.10. The molecule has 2 heterocycles. The number of para-hydroxylation sites is 1. The van der Waals surface area contributed by atoms with Gasteiger partial charge in [-0.05, 0) is 59.3 Å². The molecule has 1 fully saturated rings. The molecule has 2 heteroatoms. The number of hydrogen-bond donors (Lipinski definition) is 0. The molecule has 0 N–H and O–H groups in total. The molecule has 0 spiro atoms. The average Bonchev–Trinajstić information content (AvgIpc) is 3.53. The van der Waals surface area contributed by atoms with Crippen molar-refractivity contribution in [1.29, 1.82) is 0 Å². The van der Waals surface area contributed by atoms with E-state index in [-0.39, 0.29) is 5.92 Å². The zero-order valence-corrected chi connectivity index (χ0v) is 17.3. The van der Waals surface area contributed by atoms with E-state index >= 15 is 0 Å². The first kappa shape index (κ1) is 16.3. The van der Waals surface area contributed by atoms with Crippen LogP contribution in [0.3, 0.4) is 0 Å². The van der Waals surface area contributed by atoms with E-state index in [1.165, 1.54) is 0 Å². The molecule has 0 amide bonds. The second-order valence-corrected chi connectivity index (χ2v) is 8.42. The van der Waals surface area contributed by atoms with Crippen molar-refractivity contribution in [1.82, 2.24) is 4.98 Å². The second kappa shape index (κ2) is 7.70. The fraction of sp³-hybridized carbons (Fsp3) is 0.207. The molecular formula is C29H25NO. The number of fused-ring (bicyclic) bond motifs is 3. The summed E-state index contributed by atoms with van der Waals surface area (Å²) in [4.78, 5) is 4.61. The van der Waals surface area contributed by atoms with E-state index in [2.05, 4.69) is 41.4 Å². The topological polar surface area (TPSA) is 26.0 Å². The normalized spacial score (nSPS) is 16.0. The number of hydrogen-bond acceptors (Lipinski definition) is 2. The lowest BCUT2D eigenvalue weighted by Gasteiger charge is -2.10. The molecule has 1 aliphatic rings. The number of nitrogens with zero attached hydrogens (tertiary/aromatic N) is 1. The van der Waals surface area contributed by atoms with Crippen molar-refractivity contribution >= 4 is 21.9 Å². The Morgan fingerprint density at radius 1 is 0.839 bits per heavy atom. The minimum Gasteiger partial charge on any atom is -0.455 e. The van der Waals surface area contributed by atoms with Crippen molar-refractivity contribution in [2.24, 2.45) is 5.92 Å². The first-order valence-corrected chi connectivity index (χ1v) is 11.1. The Hall–Kier alpha value is -3.39. The molecule has 2 nitrogen and oxygen atoms in total. The van der Waals surface area contributed by atoms with Gasteiger partial charge >= 0.3 is 0 Å². The maximum atomic E-state index is 8.80. The quantitative estimate of drug-likeness (QED) is 0.302. The van der Waals surface area contributed by atoms with Crippen LogP contribution in [0.4, 0.5) is 0 Å². The highest BCUT2D eigenvalue weighted by Gasteiger charge is 2.17. The Kier molecular flexibility index (Phi) is 4.05. The van der Waals surface area contributed by atoms with Crippen LogP contribution in [0.15, 0.2) is 89.5 Å². The predicted molar refractivity (Wildman–Crippen MR) is 128 cm³/mol. The van der Waals surface area contributed by atoms with E-state index in [0.29, 0.717) is 5.56 Å². The summed E-state index contributed by atoms with van der Waals surface area (Å²) in [5.41, 5.74) is 6.27. The van der Waals surface area contributed by atoms with Crippen LogP contribution >= 0.6 is 0 Å². The molecule has 6 rings (SSSR count). The summed E-state index contributed by atoms with van der Waals surface area (Å²) in [6, 6.07) is 26.5. The number of pyridine rings is 1. The van der Waals surface area contributed by atoms with Gasteiger partial charge in [-0.2, -0.15) is 0 Å². The van der Waals surface area contributed by atoms with Crippen molar-refractivity contribution in [3.63, 3.8) is 0 Å². The van der Waals surface area contributed by atoms with Gasteiger partial charge in [0.1, 0.15) is 11.2 Å². The van der Waals surface area contributed by atoms with Crippen molar-refractivity contribution in [3.8, 4) is 22.4 Å². The minimum absolute atomic E-state index is 0.0751. The lowest BCUT2D eigenvalue weighted by atomic mass is 9.97. The molecule has 0 aliphatic heterocycles. The molecule has 0 unspecified atom stereocenters. The Morgan fingerprint density at radius 2 is 1.71 bits per heavy atom. The fourth-order valence-electron chi connectivity index (χ4n) is 4.78. The van der Waals surface area contributed by atoms with Gasteiger partial charge in [-0.25, -0.2) is 0 Å². The number of furan rings is 1. The largest absolute Gasteiger partial charge is 0.455 e. The van der Waals surface area contributed by atoms with Gasteiger partial charge in [0.15, 0.2) is 0 Å². The first-order valence-electron chi connectivity index (χ1n) is 12.1. The third-order valence-corrected chi connectivity index (χ3v) is 6.37. The summed E-state index contributed by atoms with van der Waals surface area (Å²) in [6.07, 6.45) is 4.52. The van der Waals surface area contributed by atoms with Crippen LogP contribution in [-0.4, -0.2) is 4.98 Å². The maximum absolute atomic E-state index is 8.80. The van der Waals surface area contributed by atoms with Crippen molar-refractivity contribution < 1.29 is 7.16 Å². The first-order chi connectivity index (χ1) is 16.1. The molecule has 2 aromatic heterocycles. The standard InChI is InChI=1S/C29H25NO/c1-2-9-22(10-3-1)23-13-14-24-25-11-6-12-26(29(25)31-28(24)19-23)27-18-21(15-16-30-27)17-20-7-4-5-8-20/h1-3,6,9-16,18-20H,4-5,7-8,17H2/i17D2. The summed E-state index contributed by atoms with van der Waals surface area (Å²) in [7, 11) is 0. The third-order valence-electron chi connectivity index (χ3n) is 6.37. The van der Waals surface area contributed by atoms with Crippen LogP contribution in [-0.2, 0) is 6.37 Å². The SMILES string of the molecule is [2H]C([2H])(c1ccnc(-c2cccc3c2oc2cc(-c4ccccc4)ccc23)c1)C1CCCC1. The molecule has 152 valence electrons. The highest BCUT2D eigenvalue weighted by atomic mass is 16.3. The van der Waals surface area contributed by atoms with Gasteiger partial charge in [-0.15, -0.1) is 0 Å². The van der Waals surface area contributed by atoms with Gasteiger partial charge in [0.2, 0.25) is 0 Å². The molecule has 1 saturated carbocycles. The summed E-state index contributed by atoms with van der Waals surface area (Å²) in [6.45, 7) is 0. The molecule has 1 aliphatic carbocycles. The van der Waals surface area contributed by atoms with Gasteiger partial charge in [-0.1, -0.05) is 74.2 Å². The van der Waals surface area contributed by atoms with Crippen LogP contribution < -0.4 is 0 Å². The lowest BCUT2D eigenvalue weighted by Crippen LogP contribution is -1.99. The second-order valence-electron chi connectivity index (χ2n) is 8.42. The lowest BCUT2D eigenvalue weighted by molar-refractivity contribution is 0.546. The molecule has 0 saturated heterocycles. The van der Waals surface area contributed by atoms with E-state index in [0.717, 1.165) is 70.0 Å². The summed E-state index contributed by atoms with van der Waals surface area (Å²) >= 11 is 0. The zero-order chi connectivity index (χ0) is 22.4. The number of benzene rings is 3. The molecule has 0 atom stereocenters. The number of rotatable bonds is 4. The summed E-state index contributed by atoms with van der Waals surface area (Å²) < 4.78 is 24.0. The van der Waals surface area contributed by atoms with Gasteiger partial charge in [0.05, 0.1) is 5.69 Å². The van der Waals surface area contributed by atoms with E-state index < -0.39 is 6.37 Å². The molecule has 0 bridgehead atoms. The Labute approximate surface area is 185 Å². The Balaban J connectivity index is 1.46. The average molecular weight is 406 g/mol. The molecule has 31 heavy (non-hydrogen) atoms. The van der Waals surface area contributed by atoms with E-state index in [9.17, 15) is 0 Å². The van der Waals surface area contributed by atoms with Crippen molar-refractivity contribution in [2.45, 2.75) is 32.1 Å². The molecule has 5 aromatic rings. The van der Waals surface area contributed by atoms with Crippen molar-refractivity contribution in [2.75, 3.05) is 0 Å². The van der Waals surface area contributed by atoms with E-state index in [4.69, 9.17) is 7.16 Å². The van der Waals surface area contributed by atoms with Gasteiger partial charge in [-0.3, -0.25) is 4.98 Å². The van der Waals surface area contributed by atoms with Gasteiger partial charge in [0.25, 0.3) is 0 Å². The summed E-state index contributed by atoms with van der Waals surface area (Å²) in [5.74, 6) is 0.0751. The maximum Gasteiger partial charge on any atom is 0.144 e. The van der Waals surface area contributed by atoms with Crippen LogP contribution in [0.1, 0.15) is 34.0 Å². The third kappa shape index (κ3) is 3.42. The smallest absolute Gasteiger partial charge is 0.144 e. The zero-order valence-electron chi connectivity index (χ0n) is 19.3. The number of aromatic nitrogens is 1. The van der Waals surface area contributed by atoms with Crippen LogP contribution in [0.25, 0.3) is 44.3 Å². The Bertz CT molecular complexity index is 1450. The van der Waals surface area contributed by atoms with Crippen molar-refractivity contribution in [3.05, 3.63) is 90.6 Å². The Morgan fingerprint density at radius 3 is 2.58 bits per heavy atom. The predicted octanol–water partition coefficient (Wildman–Crippen LogP) is 8.05. The highest BCUT2D eigenvalue weighted by Crippen LogP contribution is 2.37. The summed E-state index contributed by atoms with van der Waals surface area (Å²) in [5, 5.41) is 2.12. The van der Waals surface area contributed by atoms with E-state index in [1.54, 1.807) is 6.20 Å². The monoisotopic (exact) mass is 405 g/mol. The van der Waals surface area contributed by atoms with E-state index in [1.807, 2.05) is 42.5 Å². The van der Waals surface area contributed by atoms with Gasteiger partial charge in [0, 0.05) is 25.3 Å². The molecular weight excluding hydrogens is 378 g/mol. The van der Waals surface area contributed by atoms with Crippen LogP contribution in [0.2, 0.25) is 0 Å².